The second-order valence-corrected chi connectivity index (χ2v) is 7.56. The van der Waals surface area contributed by atoms with Gasteiger partial charge in [0, 0.05) is 4.47 Å². The zero-order valence-corrected chi connectivity index (χ0v) is 12.5. The molecule has 0 spiro atoms. The molecule has 1 aliphatic carbocycles. The van der Waals surface area contributed by atoms with Gasteiger partial charge in [-0.15, -0.1) is 11.3 Å². The third-order valence-electron chi connectivity index (χ3n) is 3.87. The highest BCUT2D eigenvalue weighted by Crippen LogP contribution is 2.51. The summed E-state index contributed by atoms with van der Waals surface area (Å²) in [5.74, 6) is 0.325. The Morgan fingerprint density at radius 2 is 2.12 bits per heavy atom. The van der Waals surface area contributed by atoms with E-state index < -0.39 is 5.60 Å². The highest BCUT2D eigenvalue weighted by atomic mass is 79.9. The summed E-state index contributed by atoms with van der Waals surface area (Å²) < 4.78 is 1.06. The molecule has 0 aromatic carbocycles. The molecule has 1 heterocycles. The van der Waals surface area contributed by atoms with Gasteiger partial charge >= 0.3 is 0 Å². The van der Waals surface area contributed by atoms with Crippen LogP contribution in [0.25, 0.3) is 0 Å². The van der Waals surface area contributed by atoms with E-state index >= 15 is 0 Å². The number of aliphatic hydroxyl groups is 1. The first-order valence-electron chi connectivity index (χ1n) is 5.81. The fraction of sp³-hybridized carbons (Fsp3) is 0.692. The van der Waals surface area contributed by atoms with Crippen LogP contribution in [0.2, 0.25) is 0 Å². The molecule has 2 atom stereocenters. The molecule has 1 aliphatic rings. The van der Waals surface area contributed by atoms with Crippen molar-refractivity contribution >= 4 is 27.3 Å². The lowest BCUT2D eigenvalue weighted by Gasteiger charge is -2.45. The number of rotatable bonds is 1. The zero-order chi connectivity index (χ0) is 12.0. The standard InChI is InChI=1S/C13H19BrOS/c1-9-8-12(2,3)5-6-13(9,15)11-10(14)4-7-16-11/h4,7,9,15H,5-6,8H2,1-3H3. The summed E-state index contributed by atoms with van der Waals surface area (Å²) in [6, 6.07) is 2.03. The maximum Gasteiger partial charge on any atom is 0.102 e. The van der Waals surface area contributed by atoms with Gasteiger partial charge in [-0.25, -0.2) is 0 Å². The van der Waals surface area contributed by atoms with Gasteiger partial charge in [0.2, 0.25) is 0 Å². The molecule has 1 nitrogen and oxygen atoms in total. The summed E-state index contributed by atoms with van der Waals surface area (Å²) in [7, 11) is 0. The van der Waals surface area contributed by atoms with Gasteiger partial charge in [-0.2, -0.15) is 0 Å². The van der Waals surface area contributed by atoms with E-state index in [1.54, 1.807) is 11.3 Å². The van der Waals surface area contributed by atoms with Crippen molar-refractivity contribution in [2.45, 2.75) is 45.6 Å². The third kappa shape index (κ3) is 2.09. The summed E-state index contributed by atoms with van der Waals surface area (Å²) in [6.45, 7) is 6.77. The van der Waals surface area contributed by atoms with Crippen molar-refractivity contribution < 1.29 is 5.11 Å². The van der Waals surface area contributed by atoms with E-state index in [0.717, 1.165) is 28.6 Å². The van der Waals surface area contributed by atoms with E-state index in [1.807, 2.05) is 11.4 Å². The number of hydrogen-bond donors (Lipinski definition) is 1. The second kappa shape index (κ2) is 4.11. The lowest BCUT2D eigenvalue weighted by Crippen LogP contribution is -2.41. The lowest BCUT2D eigenvalue weighted by atomic mass is 9.65. The third-order valence-corrected chi connectivity index (χ3v) is 5.87. The average Bonchev–Trinajstić information content (AvgIpc) is 2.59. The molecule has 1 aromatic rings. The number of hydrogen-bond acceptors (Lipinski definition) is 2. The van der Waals surface area contributed by atoms with Crippen LogP contribution in [0.15, 0.2) is 15.9 Å². The highest BCUT2D eigenvalue weighted by Gasteiger charge is 2.45. The molecular weight excluding hydrogens is 284 g/mol. The minimum absolute atomic E-state index is 0.325. The Labute approximate surface area is 110 Å². The molecule has 0 amide bonds. The van der Waals surface area contributed by atoms with Gasteiger partial charge in [-0.05, 0) is 58.0 Å². The minimum atomic E-state index is -0.622. The van der Waals surface area contributed by atoms with Crippen LogP contribution in [0.1, 0.15) is 44.9 Å². The van der Waals surface area contributed by atoms with Gasteiger partial charge in [0.15, 0.2) is 0 Å². The van der Waals surface area contributed by atoms with Crippen molar-refractivity contribution in [1.29, 1.82) is 0 Å². The van der Waals surface area contributed by atoms with Gasteiger partial charge in [-0.3, -0.25) is 0 Å². The van der Waals surface area contributed by atoms with Crippen molar-refractivity contribution in [2.75, 3.05) is 0 Å². The summed E-state index contributed by atoms with van der Waals surface area (Å²) in [6.07, 6.45) is 3.06. The van der Waals surface area contributed by atoms with Crippen molar-refractivity contribution in [3.63, 3.8) is 0 Å². The monoisotopic (exact) mass is 302 g/mol. The molecule has 3 heteroatoms. The Kier molecular flexibility index (Phi) is 3.23. The van der Waals surface area contributed by atoms with Gasteiger partial charge in [0.1, 0.15) is 5.60 Å². The van der Waals surface area contributed by atoms with E-state index in [-0.39, 0.29) is 0 Å². The van der Waals surface area contributed by atoms with Gasteiger partial charge in [0.25, 0.3) is 0 Å². The Morgan fingerprint density at radius 3 is 2.62 bits per heavy atom. The summed E-state index contributed by atoms with van der Waals surface area (Å²) >= 11 is 5.21. The van der Waals surface area contributed by atoms with Gasteiger partial charge in [-0.1, -0.05) is 20.8 Å². The second-order valence-electron chi connectivity index (χ2n) is 5.79. The lowest BCUT2D eigenvalue weighted by molar-refractivity contribution is -0.0747. The number of halogens is 1. The molecule has 1 N–H and O–H groups in total. The molecule has 2 rings (SSSR count). The van der Waals surface area contributed by atoms with Crippen molar-refractivity contribution in [3.05, 3.63) is 20.8 Å². The predicted molar refractivity (Wildman–Crippen MR) is 72.7 cm³/mol. The maximum atomic E-state index is 10.9. The molecule has 1 fully saturated rings. The highest BCUT2D eigenvalue weighted by molar-refractivity contribution is 9.10. The molecular formula is C13H19BrOS. The first-order valence-corrected chi connectivity index (χ1v) is 7.48. The molecule has 0 bridgehead atoms. The van der Waals surface area contributed by atoms with Crippen LogP contribution in [0.3, 0.4) is 0 Å². The molecule has 0 aliphatic heterocycles. The first-order chi connectivity index (χ1) is 7.35. The predicted octanol–water partition coefficient (Wildman–Crippen LogP) is 4.54. The van der Waals surface area contributed by atoms with Gasteiger partial charge < -0.3 is 5.11 Å². The molecule has 0 radical (unpaired) electrons. The summed E-state index contributed by atoms with van der Waals surface area (Å²) in [5.41, 5.74) is -0.252. The van der Waals surface area contributed by atoms with Crippen LogP contribution in [-0.2, 0) is 5.60 Å². The first kappa shape index (κ1) is 12.6. The van der Waals surface area contributed by atoms with Gasteiger partial charge in [0.05, 0.1) is 4.88 Å². The fourth-order valence-electron chi connectivity index (χ4n) is 2.82. The quantitative estimate of drug-likeness (QED) is 0.807. The smallest absolute Gasteiger partial charge is 0.102 e. The average molecular weight is 303 g/mol. The Hall–Kier alpha value is 0.140. The summed E-state index contributed by atoms with van der Waals surface area (Å²) in [5, 5.41) is 12.9. The van der Waals surface area contributed by atoms with Crippen LogP contribution < -0.4 is 0 Å². The molecule has 0 saturated heterocycles. The Balaban J connectivity index is 2.30. The van der Waals surface area contributed by atoms with Crippen LogP contribution in [0.4, 0.5) is 0 Å². The Morgan fingerprint density at radius 1 is 1.44 bits per heavy atom. The Bertz CT molecular complexity index is 385. The fourth-order valence-corrected chi connectivity index (χ4v) is 4.77. The molecule has 2 unspecified atom stereocenters. The topological polar surface area (TPSA) is 20.2 Å². The maximum absolute atomic E-state index is 10.9. The number of thiophene rings is 1. The minimum Gasteiger partial charge on any atom is -0.384 e. The van der Waals surface area contributed by atoms with E-state index in [1.165, 1.54) is 0 Å². The van der Waals surface area contributed by atoms with Crippen molar-refractivity contribution in [2.24, 2.45) is 11.3 Å². The SMILES string of the molecule is CC1CC(C)(C)CCC1(O)c1sccc1Br. The van der Waals surface area contributed by atoms with E-state index in [0.29, 0.717) is 11.3 Å². The van der Waals surface area contributed by atoms with Crippen LogP contribution in [0, 0.1) is 11.3 Å². The largest absolute Gasteiger partial charge is 0.384 e. The van der Waals surface area contributed by atoms with Crippen LogP contribution in [0.5, 0.6) is 0 Å². The molecule has 90 valence electrons. The van der Waals surface area contributed by atoms with E-state index in [2.05, 4.69) is 36.7 Å². The van der Waals surface area contributed by atoms with Crippen LogP contribution >= 0.6 is 27.3 Å². The molecule has 1 saturated carbocycles. The molecule has 16 heavy (non-hydrogen) atoms. The summed E-state index contributed by atoms with van der Waals surface area (Å²) in [4.78, 5) is 1.11. The van der Waals surface area contributed by atoms with Crippen molar-refractivity contribution in [1.82, 2.24) is 0 Å². The van der Waals surface area contributed by atoms with E-state index in [4.69, 9.17) is 0 Å². The zero-order valence-electron chi connectivity index (χ0n) is 10.1. The molecule has 1 aromatic heterocycles. The van der Waals surface area contributed by atoms with Crippen LogP contribution in [-0.4, -0.2) is 5.11 Å². The van der Waals surface area contributed by atoms with Crippen molar-refractivity contribution in [3.8, 4) is 0 Å². The van der Waals surface area contributed by atoms with E-state index in [9.17, 15) is 5.11 Å². The normalized spacial score (nSPS) is 33.9.